The summed E-state index contributed by atoms with van der Waals surface area (Å²) in [5.41, 5.74) is 7.14. The first-order valence-corrected chi connectivity index (χ1v) is 6.68. The van der Waals surface area contributed by atoms with Crippen molar-refractivity contribution in [2.45, 2.75) is 0 Å². The third-order valence-corrected chi connectivity index (χ3v) is 3.49. The van der Waals surface area contributed by atoms with Crippen LogP contribution in [0.4, 0.5) is 5.69 Å². The average molecular weight is 386 g/mol. The molecule has 0 bridgehead atoms. The van der Waals surface area contributed by atoms with E-state index in [1.165, 1.54) is 6.33 Å². The lowest BCUT2D eigenvalue weighted by Gasteiger charge is -2.04. The second-order valence-corrected chi connectivity index (χ2v) is 5.38. The smallest absolute Gasteiger partial charge is 0.260 e. The van der Waals surface area contributed by atoms with Crippen LogP contribution in [0.15, 0.2) is 31.9 Å². The van der Waals surface area contributed by atoms with Crippen molar-refractivity contribution in [3.63, 3.8) is 0 Å². The molecule has 3 N–H and O–H groups in total. The van der Waals surface area contributed by atoms with Crippen molar-refractivity contribution in [1.29, 1.82) is 0 Å². The van der Waals surface area contributed by atoms with Crippen LogP contribution in [0.25, 0.3) is 23.1 Å². The van der Waals surface area contributed by atoms with Crippen molar-refractivity contribution in [3.8, 4) is 23.1 Å². The Morgan fingerprint density at radius 1 is 1.26 bits per heavy atom. The molecule has 0 unspecified atom stereocenters. The minimum atomic E-state index is 0.311. The maximum absolute atomic E-state index is 5.98. The molecule has 9 heteroatoms. The molecule has 19 heavy (non-hydrogen) atoms. The Labute approximate surface area is 123 Å². The molecule has 7 nitrogen and oxygen atoms in total. The molecule has 2 heterocycles. The number of hydrogen-bond donors (Lipinski definition) is 2. The lowest BCUT2D eigenvalue weighted by atomic mass is 10.2. The number of H-pyrrole nitrogens is 1. The Kier molecular flexibility index (Phi) is 3.07. The summed E-state index contributed by atoms with van der Waals surface area (Å²) in [6.45, 7) is 0. The van der Waals surface area contributed by atoms with Gasteiger partial charge in [0.15, 0.2) is 5.82 Å². The van der Waals surface area contributed by atoms with E-state index in [0.717, 1.165) is 8.95 Å². The van der Waals surface area contributed by atoms with Crippen molar-refractivity contribution in [2.75, 3.05) is 5.73 Å². The highest BCUT2D eigenvalue weighted by Gasteiger charge is 2.16. The fraction of sp³-hybridized carbons (Fsp3) is 0. The van der Waals surface area contributed by atoms with Crippen molar-refractivity contribution < 1.29 is 4.52 Å². The molecule has 0 saturated heterocycles. The second-order valence-electron chi connectivity index (χ2n) is 3.61. The highest BCUT2D eigenvalue weighted by atomic mass is 79.9. The van der Waals surface area contributed by atoms with Gasteiger partial charge in [0.05, 0.1) is 11.3 Å². The van der Waals surface area contributed by atoms with Gasteiger partial charge in [-0.3, -0.25) is 5.10 Å². The molecule has 3 aromatic rings. The first-order chi connectivity index (χ1) is 9.15. The summed E-state index contributed by atoms with van der Waals surface area (Å²) < 4.78 is 6.79. The van der Waals surface area contributed by atoms with Gasteiger partial charge in [0.1, 0.15) is 6.33 Å². The molecule has 0 aliphatic rings. The molecule has 0 spiro atoms. The van der Waals surface area contributed by atoms with Gasteiger partial charge < -0.3 is 10.3 Å². The van der Waals surface area contributed by atoms with E-state index in [1.807, 2.05) is 6.07 Å². The first-order valence-electron chi connectivity index (χ1n) is 5.09. The summed E-state index contributed by atoms with van der Waals surface area (Å²) in [6, 6.07) is 3.64. The van der Waals surface area contributed by atoms with Gasteiger partial charge in [-0.15, -0.1) is 0 Å². The van der Waals surface area contributed by atoms with Crippen LogP contribution in [0.3, 0.4) is 0 Å². The Hall–Kier alpha value is -1.74. The van der Waals surface area contributed by atoms with Gasteiger partial charge in [-0.05, 0) is 28.1 Å². The van der Waals surface area contributed by atoms with Gasteiger partial charge in [-0.25, -0.2) is 4.98 Å². The van der Waals surface area contributed by atoms with Gasteiger partial charge in [0, 0.05) is 8.95 Å². The zero-order valence-electron chi connectivity index (χ0n) is 9.26. The number of halogens is 2. The number of aromatic nitrogens is 5. The van der Waals surface area contributed by atoms with Gasteiger partial charge in [-0.2, -0.15) is 10.1 Å². The summed E-state index contributed by atoms with van der Waals surface area (Å²) in [6.07, 6.45) is 1.37. The average Bonchev–Trinajstić information content (AvgIpc) is 3.03. The van der Waals surface area contributed by atoms with E-state index >= 15 is 0 Å². The normalized spacial score (nSPS) is 10.8. The Morgan fingerprint density at radius 2 is 2.11 bits per heavy atom. The molecule has 0 aliphatic heterocycles. The van der Waals surface area contributed by atoms with E-state index in [4.69, 9.17) is 10.3 Å². The van der Waals surface area contributed by atoms with Crippen LogP contribution in [0.5, 0.6) is 0 Å². The standard InChI is InChI=1S/C10H6Br2N6O/c11-4-1-5(7(13)6(12)2-4)10-16-9(18-19-10)8-14-3-15-17-8/h1-3H,13H2,(H,14,15,17). The van der Waals surface area contributed by atoms with E-state index in [9.17, 15) is 0 Å². The lowest BCUT2D eigenvalue weighted by molar-refractivity contribution is 0.432. The van der Waals surface area contributed by atoms with Crippen LogP contribution in [-0.4, -0.2) is 25.3 Å². The summed E-state index contributed by atoms with van der Waals surface area (Å²) in [4.78, 5) is 8.18. The first kappa shape index (κ1) is 12.3. The summed E-state index contributed by atoms with van der Waals surface area (Å²) >= 11 is 6.75. The highest BCUT2D eigenvalue weighted by Crippen LogP contribution is 2.34. The number of nitrogens with two attached hydrogens (primary N) is 1. The molecular weight excluding hydrogens is 380 g/mol. The maximum atomic E-state index is 5.98. The summed E-state index contributed by atoms with van der Waals surface area (Å²) in [5, 5.41) is 10.2. The van der Waals surface area contributed by atoms with Crippen LogP contribution < -0.4 is 5.73 Å². The number of nitrogens with one attached hydrogen (secondary N) is 1. The lowest BCUT2D eigenvalue weighted by Crippen LogP contribution is -1.92. The number of anilines is 1. The predicted molar refractivity (Wildman–Crippen MR) is 74.9 cm³/mol. The molecule has 0 fully saturated rings. The van der Waals surface area contributed by atoms with Crippen LogP contribution in [0.2, 0.25) is 0 Å². The zero-order valence-corrected chi connectivity index (χ0v) is 12.4. The van der Waals surface area contributed by atoms with Crippen molar-refractivity contribution >= 4 is 37.5 Å². The van der Waals surface area contributed by atoms with E-state index in [0.29, 0.717) is 28.8 Å². The fourth-order valence-electron chi connectivity index (χ4n) is 1.50. The molecular formula is C10H6Br2N6O. The maximum Gasteiger partial charge on any atom is 0.260 e. The van der Waals surface area contributed by atoms with Gasteiger partial charge in [-0.1, -0.05) is 21.1 Å². The quantitative estimate of drug-likeness (QED) is 0.656. The van der Waals surface area contributed by atoms with E-state index in [2.05, 4.69) is 57.2 Å². The van der Waals surface area contributed by atoms with Gasteiger partial charge in [0.2, 0.25) is 5.82 Å². The molecule has 0 radical (unpaired) electrons. The molecule has 0 atom stereocenters. The van der Waals surface area contributed by atoms with E-state index in [-0.39, 0.29) is 0 Å². The highest BCUT2D eigenvalue weighted by molar-refractivity contribution is 9.11. The summed E-state index contributed by atoms with van der Waals surface area (Å²) in [7, 11) is 0. The Morgan fingerprint density at radius 3 is 2.84 bits per heavy atom. The van der Waals surface area contributed by atoms with Gasteiger partial charge >= 0.3 is 0 Å². The Balaban J connectivity index is 2.09. The number of hydrogen-bond acceptors (Lipinski definition) is 6. The second kappa shape index (κ2) is 4.74. The minimum absolute atomic E-state index is 0.311. The van der Waals surface area contributed by atoms with E-state index < -0.39 is 0 Å². The van der Waals surface area contributed by atoms with Gasteiger partial charge in [0.25, 0.3) is 5.89 Å². The Bertz CT molecular complexity index is 724. The molecule has 0 aliphatic carbocycles. The molecule has 0 saturated carbocycles. The zero-order chi connectivity index (χ0) is 13.4. The molecule has 1 aromatic carbocycles. The van der Waals surface area contributed by atoms with Crippen LogP contribution in [-0.2, 0) is 0 Å². The van der Waals surface area contributed by atoms with Crippen molar-refractivity contribution in [1.82, 2.24) is 25.3 Å². The monoisotopic (exact) mass is 384 g/mol. The number of rotatable bonds is 2. The summed E-state index contributed by atoms with van der Waals surface area (Å²) in [5.74, 6) is 1.07. The number of benzene rings is 1. The van der Waals surface area contributed by atoms with Crippen LogP contribution >= 0.6 is 31.9 Å². The third-order valence-electron chi connectivity index (χ3n) is 2.38. The number of nitrogens with zero attached hydrogens (tertiary/aromatic N) is 4. The topological polar surface area (TPSA) is 107 Å². The molecule has 96 valence electrons. The molecule has 3 rings (SSSR count). The number of nitrogen functional groups attached to an aromatic ring is 1. The minimum Gasteiger partial charge on any atom is -0.397 e. The largest absolute Gasteiger partial charge is 0.397 e. The number of aromatic amines is 1. The van der Waals surface area contributed by atoms with Crippen molar-refractivity contribution in [3.05, 3.63) is 27.4 Å². The third kappa shape index (κ3) is 2.26. The molecule has 0 amide bonds. The van der Waals surface area contributed by atoms with E-state index in [1.54, 1.807) is 6.07 Å². The molecule has 2 aromatic heterocycles. The van der Waals surface area contributed by atoms with Crippen LogP contribution in [0.1, 0.15) is 0 Å². The van der Waals surface area contributed by atoms with Crippen LogP contribution in [0, 0.1) is 0 Å². The van der Waals surface area contributed by atoms with Crippen molar-refractivity contribution in [2.24, 2.45) is 0 Å². The predicted octanol–water partition coefficient (Wildman–Crippen LogP) is 2.63. The fourth-order valence-corrected chi connectivity index (χ4v) is 2.73. The SMILES string of the molecule is Nc1c(Br)cc(Br)cc1-c1nc(-c2ncn[nH]2)no1.